The van der Waals surface area contributed by atoms with E-state index in [-0.39, 0.29) is 17.7 Å². The van der Waals surface area contributed by atoms with Gasteiger partial charge in [-0.25, -0.2) is 0 Å². The second kappa shape index (κ2) is 9.34. The Hall–Kier alpha value is -2.80. The van der Waals surface area contributed by atoms with E-state index in [1.165, 1.54) is 22.9 Å². The molecule has 1 heterocycles. The van der Waals surface area contributed by atoms with Crippen molar-refractivity contribution in [2.75, 3.05) is 19.9 Å². The highest BCUT2D eigenvalue weighted by molar-refractivity contribution is 7.99. The molecule has 3 aromatic rings. The minimum Gasteiger partial charge on any atom is -0.497 e. The number of ether oxygens (including phenoxy) is 1. The van der Waals surface area contributed by atoms with Crippen LogP contribution in [0.5, 0.6) is 5.75 Å². The molecule has 1 aliphatic carbocycles. The Kier molecular flexibility index (Phi) is 6.38. The minimum atomic E-state index is 0.0663. The number of benzene rings is 2. The van der Waals surface area contributed by atoms with Gasteiger partial charge in [-0.1, -0.05) is 48.2 Å². The first-order chi connectivity index (χ1) is 14.6. The van der Waals surface area contributed by atoms with E-state index in [0.717, 1.165) is 30.6 Å². The standard InChI is InChI=1S/C23H25N3O3S/c1-26(20-9-5-7-17-6-3-4-8-19(17)20)22(27)15-30-23-25-24-21(29-23)14-16-10-12-18(28-2)13-11-16/h3-4,6,8,10-13,20H,5,7,9,14-15H2,1-2H3. The number of hydrogen-bond acceptors (Lipinski definition) is 6. The van der Waals surface area contributed by atoms with Crippen LogP contribution in [0.3, 0.4) is 0 Å². The van der Waals surface area contributed by atoms with Crippen LogP contribution >= 0.6 is 11.8 Å². The molecule has 7 heteroatoms. The van der Waals surface area contributed by atoms with E-state index in [4.69, 9.17) is 9.15 Å². The summed E-state index contributed by atoms with van der Waals surface area (Å²) in [6, 6.07) is 16.3. The molecule has 0 aliphatic heterocycles. The molecule has 1 aliphatic rings. The molecule has 2 aromatic carbocycles. The summed E-state index contributed by atoms with van der Waals surface area (Å²) in [6.45, 7) is 0. The molecule has 1 unspecified atom stereocenters. The van der Waals surface area contributed by atoms with E-state index in [9.17, 15) is 4.79 Å². The summed E-state index contributed by atoms with van der Waals surface area (Å²) in [7, 11) is 3.53. The van der Waals surface area contributed by atoms with Crippen LogP contribution in [-0.2, 0) is 17.6 Å². The van der Waals surface area contributed by atoms with Crippen molar-refractivity contribution in [3.8, 4) is 5.75 Å². The number of hydrogen-bond donors (Lipinski definition) is 0. The van der Waals surface area contributed by atoms with Gasteiger partial charge in [-0.05, 0) is 48.1 Å². The first-order valence-corrected chi connectivity index (χ1v) is 11.0. The average molecular weight is 424 g/mol. The number of carbonyl (C=O) groups is 1. The van der Waals surface area contributed by atoms with Gasteiger partial charge in [0, 0.05) is 7.05 Å². The highest BCUT2D eigenvalue weighted by atomic mass is 32.2. The van der Waals surface area contributed by atoms with Gasteiger partial charge >= 0.3 is 0 Å². The van der Waals surface area contributed by atoms with Gasteiger partial charge in [0.05, 0.1) is 25.3 Å². The molecule has 0 saturated carbocycles. The van der Waals surface area contributed by atoms with Gasteiger partial charge in [-0.2, -0.15) is 0 Å². The third kappa shape index (κ3) is 4.67. The van der Waals surface area contributed by atoms with Gasteiger partial charge in [0.1, 0.15) is 5.75 Å². The molecule has 6 nitrogen and oxygen atoms in total. The van der Waals surface area contributed by atoms with Crippen LogP contribution in [-0.4, -0.2) is 40.9 Å². The summed E-state index contributed by atoms with van der Waals surface area (Å²) in [5.41, 5.74) is 3.67. The molecule has 0 spiro atoms. The van der Waals surface area contributed by atoms with Crippen LogP contribution in [0.1, 0.15) is 41.5 Å². The maximum atomic E-state index is 12.8. The number of aromatic nitrogens is 2. The van der Waals surface area contributed by atoms with Crippen LogP contribution in [0, 0.1) is 0 Å². The zero-order valence-corrected chi connectivity index (χ0v) is 18.0. The van der Waals surface area contributed by atoms with E-state index in [1.807, 2.05) is 42.3 Å². The molecular formula is C23H25N3O3S. The number of fused-ring (bicyclic) bond motifs is 1. The summed E-state index contributed by atoms with van der Waals surface area (Å²) in [4.78, 5) is 14.6. The van der Waals surface area contributed by atoms with E-state index in [0.29, 0.717) is 17.5 Å². The number of nitrogens with zero attached hydrogens (tertiary/aromatic N) is 3. The van der Waals surface area contributed by atoms with Crippen molar-refractivity contribution in [2.45, 2.75) is 36.9 Å². The van der Waals surface area contributed by atoms with Gasteiger partial charge in [0.25, 0.3) is 5.22 Å². The van der Waals surface area contributed by atoms with Crippen molar-refractivity contribution < 1.29 is 13.9 Å². The van der Waals surface area contributed by atoms with Crippen LogP contribution in [0.15, 0.2) is 58.2 Å². The average Bonchev–Trinajstić information content (AvgIpc) is 3.24. The summed E-state index contributed by atoms with van der Waals surface area (Å²) < 4.78 is 10.9. The predicted molar refractivity (Wildman–Crippen MR) is 116 cm³/mol. The topological polar surface area (TPSA) is 68.5 Å². The lowest BCUT2D eigenvalue weighted by molar-refractivity contribution is -0.129. The molecule has 0 N–H and O–H groups in total. The normalized spacial score (nSPS) is 15.5. The number of thioether (sulfide) groups is 1. The molecule has 0 radical (unpaired) electrons. The summed E-state index contributed by atoms with van der Waals surface area (Å²) >= 11 is 1.29. The number of carbonyl (C=O) groups excluding carboxylic acids is 1. The Bertz CT molecular complexity index is 1000. The lowest BCUT2D eigenvalue weighted by atomic mass is 9.87. The minimum absolute atomic E-state index is 0.0663. The van der Waals surface area contributed by atoms with Gasteiger partial charge in [0.2, 0.25) is 11.8 Å². The lowest BCUT2D eigenvalue weighted by Gasteiger charge is -2.33. The summed E-state index contributed by atoms with van der Waals surface area (Å²) in [5.74, 6) is 1.68. The Balaban J connectivity index is 1.33. The monoisotopic (exact) mass is 423 g/mol. The lowest BCUT2D eigenvalue weighted by Crippen LogP contribution is -2.34. The van der Waals surface area contributed by atoms with E-state index in [1.54, 1.807) is 7.11 Å². The maximum absolute atomic E-state index is 12.8. The van der Waals surface area contributed by atoms with Gasteiger partial charge in [-0.15, -0.1) is 10.2 Å². The van der Waals surface area contributed by atoms with Gasteiger partial charge in [0.15, 0.2) is 0 Å². The third-order valence-corrected chi connectivity index (χ3v) is 6.28. The molecule has 1 aromatic heterocycles. The van der Waals surface area contributed by atoms with Crippen molar-refractivity contribution >= 4 is 17.7 Å². The Morgan fingerprint density at radius 1 is 1.20 bits per heavy atom. The first kappa shape index (κ1) is 20.5. The number of methoxy groups -OCH3 is 1. The molecule has 0 bridgehead atoms. The molecule has 30 heavy (non-hydrogen) atoms. The second-order valence-electron chi connectivity index (χ2n) is 7.39. The Morgan fingerprint density at radius 2 is 2.00 bits per heavy atom. The molecule has 1 amide bonds. The fourth-order valence-corrected chi connectivity index (χ4v) is 4.52. The van der Waals surface area contributed by atoms with Crippen molar-refractivity contribution in [3.63, 3.8) is 0 Å². The van der Waals surface area contributed by atoms with Gasteiger partial charge in [-0.3, -0.25) is 4.79 Å². The Labute approximate surface area is 180 Å². The number of rotatable bonds is 7. The zero-order valence-electron chi connectivity index (χ0n) is 17.2. The van der Waals surface area contributed by atoms with Crippen molar-refractivity contribution in [1.82, 2.24) is 15.1 Å². The molecule has 4 rings (SSSR count). The van der Waals surface area contributed by atoms with Crippen LogP contribution in [0.2, 0.25) is 0 Å². The largest absolute Gasteiger partial charge is 0.497 e. The van der Waals surface area contributed by atoms with Crippen LogP contribution in [0.25, 0.3) is 0 Å². The molecular weight excluding hydrogens is 398 g/mol. The van der Waals surface area contributed by atoms with E-state index >= 15 is 0 Å². The second-order valence-corrected chi connectivity index (χ2v) is 8.31. The maximum Gasteiger partial charge on any atom is 0.277 e. The molecule has 156 valence electrons. The van der Waals surface area contributed by atoms with Crippen molar-refractivity contribution in [1.29, 1.82) is 0 Å². The van der Waals surface area contributed by atoms with Crippen LogP contribution < -0.4 is 4.74 Å². The van der Waals surface area contributed by atoms with Crippen molar-refractivity contribution in [2.24, 2.45) is 0 Å². The molecule has 0 fully saturated rings. The molecule has 0 saturated heterocycles. The summed E-state index contributed by atoms with van der Waals surface area (Å²) in [5, 5.41) is 8.60. The number of aryl methyl sites for hydroxylation is 1. The third-order valence-electron chi connectivity index (χ3n) is 5.48. The Morgan fingerprint density at radius 3 is 2.80 bits per heavy atom. The zero-order chi connectivity index (χ0) is 20.9. The van der Waals surface area contributed by atoms with Gasteiger partial charge < -0.3 is 14.1 Å². The quantitative estimate of drug-likeness (QED) is 0.528. The van der Waals surface area contributed by atoms with E-state index < -0.39 is 0 Å². The smallest absolute Gasteiger partial charge is 0.277 e. The fourth-order valence-electron chi connectivity index (χ4n) is 3.82. The fraction of sp³-hybridized carbons (Fsp3) is 0.348. The predicted octanol–water partition coefficient (Wildman–Crippen LogP) is 4.30. The SMILES string of the molecule is COc1ccc(Cc2nnc(SCC(=O)N(C)C3CCCc4ccccc43)o2)cc1. The first-order valence-electron chi connectivity index (χ1n) is 10.1. The van der Waals surface area contributed by atoms with Crippen molar-refractivity contribution in [3.05, 3.63) is 71.1 Å². The summed E-state index contributed by atoms with van der Waals surface area (Å²) in [6.07, 6.45) is 3.73. The molecule has 1 atom stereocenters. The number of amides is 1. The highest BCUT2D eigenvalue weighted by Gasteiger charge is 2.26. The highest BCUT2D eigenvalue weighted by Crippen LogP contribution is 2.34. The van der Waals surface area contributed by atoms with E-state index in [2.05, 4.69) is 28.4 Å². The van der Waals surface area contributed by atoms with Crippen LogP contribution in [0.4, 0.5) is 0 Å².